The van der Waals surface area contributed by atoms with Gasteiger partial charge in [-0.15, -0.1) is 0 Å². The summed E-state index contributed by atoms with van der Waals surface area (Å²) in [4.78, 5) is 10.2. The fourth-order valence-corrected chi connectivity index (χ4v) is 1.79. The van der Waals surface area contributed by atoms with Gasteiger partial charge in [0.25, 0.3) is 0 Å². The van der Waals surface area contributed by atoms with Gasteiger partial charge in [0, 0.05) is 6.54 Å². The minimum atomic E-state index is -3.60. The smallest absolute Gasteiger partial charge is 0.304 e. The molecule has 0 fully saturated rings. The Morgan fingerprint density at radius 2 is 2.07 bits per heavy atom. The maximum atomic E-state index is 11.2. The number of carboxylic acid groups (broad SMARTS) is 1. The van der Waals surface area contributed by atoms with Crippen LogP contribution in [0.1, 0.15) is 20.3 Å². The van der Waals surface area contributed by atoms with Crippen LogP contribution in [0.5, 0.6) is 0 Å². The van der Waals surface area contributed by atoms with Crippen LogP contribution in [0.15, 0.2) is 0 Å². The molecule has 0 aromatic carbocycles. The van der Waals surface area contributed by atoms with Crippen molar-refractivity contribution in [3.63, 3.8) is 0 Å². The molecule has 6 nitrogen and oxygen atoms in total. The molecular weight excluding hydrogens is 220 g/mol. The molecule has 0 bridgehead atoms. The number of carboxylic acids is 1. The lowest BCUT2D eigenvalue weighted by Crippen LogP contribution is -2.35. The lowest BCUT2D eigenvalue weighted by molar-refractivity contribution is -0.136. The molecule has 0 radical (unpaired) electrons. The normalized spacial score (nSPS) is 12.1. The Morgan fingerprint density at radius 3 is 2.47 bits per heavy atom. The van der Waals surface area contributed by atoms with E-state index in [2.05, 4.69) is 4.72 Å². The highest BCUT2D eigenvalue weighted by Gasteiger charge is 2.20. The molecule has 0 atom stereocenters. The van der Waals surface area contributed by atoms with Crippen molar-refractivity contribution in [2.24, 2.45) is 5.41 Å². The van der Waals surface area contributed by atoms with Crippen LogP contribution in [0, 0.1) is 16.7 Å². The van der Waals surface area contributed by atoms with Crippen molar-refractivity contribution < 1.29 is 18.3 Å². The highest BCUT2D eigenvalue weighted by atomic mass is 32.2. The Labute approximate surface area is 89.0 Å². The second-order valence-corrected chi connectivity index (χ2v) is 5.71. The first kappa shape index (κ1) is 13.9. The minimum absolute atomic E-state index is 0.0224. The van der Waals surface area contributed by atoms with E-state index in [-0.39, 0.29) is 6.54 Å². The van der Waals surface area contributed by atoms with Crippen LogP contribution in [0.2, 0.25) is 0 Å². The first-order valence-corrected chi connectivity index (χ1v) is 5.94. The molecule has 86 valence electrons. The third kappa shape index (κ3) is 6.88. The molecule has 0 spiro atoms. The summed E-state index contributed by atoms with van der Waals surface area (Å²) in [5.74, 6) is -1.64. The first-order chi connectivity index (χ1) is 6.68. The molecule has 0 heterocycles. The van der Waals surface area contributed by atoms with E-state index in [4.69, 9.17) is 10.4 Å². The summed E-state index contributed by atoms with van der Waals surface area (Å²) in [6.07, 6.45) is -0.442. The summed E-state index contributed by atoms with van der Waals surface area (Å²) in [5, 5.41) is 16.9. The van der Waals surface area contributed by atoms with Crippen LogP contribution < -0.4 is 4.72 Å². The largest absolute Gasteiger partial charge is 0.481 e. The van der Waals surface area contributed by atoms with Crippen LogP contribution in [0.25, 0.3) is 0 Å². The molecule has 0 rings (SSSR count). The summed E-state index contributed by atoms with van der Waals surface area (Å²) >= 11 is 0. The Bertz CT molecular complexity index is 367. The highest BCUT2D eigenvalue weighted by molar-refractivity contribution is 7.89. The van der Waals surface area contributed by atoms with Gasteiger partial charge in [-0.05, 0) is 13.8 Å². The van der Waals surface area contributed by atoms with Gasteiger partial charge in [0.1, 0.15) is 0 Å². The molecule has 0 saturated heterocycles. The number of nitrogens with zero attached hydrogens (tertiary/aromatic N) is 1. The second kappa shape index (κ2) is 5.09. The van der Waals surface area contributed by atoms with Gasteiger partial charge >= 0.3 is 5.97 Å². The Morgan fingerprint density at radius 1 is 1.53 bits per heavy atom. The average molecular weight is 234 g/mol. The van der Waals surface area contributed by atoms with Crippen LogP contribution in [-0.4, -0.2) is 31.8 Å². The number of sulfonamides is 1. The lowest BCUT2D eigenvalue weighted by Gasteiger charge is -2.15. The molecule has 7 heteroatoms. The van der Waals surface area contributed by atoms with Gasteiger partial charge in [-0.25, -0.2) is 13.1 Å². The number of hydrogen-bond donors (Lipinski definition) is 2. The van der Waals surface area contributed by atoms with Crippen molar-refractivity contribution >= 4 is 16.0 Å². The highest BCUT2D eigenvalue weighted by Crippen LogP contribution is 2.11. The van der Waals surface area contributed by atoms with Crippen molar-refractivity contribution in [1.29, 1.82) is 5.26 Å². The zero-order valence-electron chi connectivity index (χ0n) is 8.65. The predicted molar refractivity (Wildman–Crippen MR) is 53.4 cm³/mol. The van der Waals surface area contributed by atoms with Gasteiger partial charge in [0.15, 0.2) is 0 Å². The SMILES string of the molecule is CC(C)(C#N)CNS(=O)(=O)CCC(=O)O. The van der Waals surface area contributed by atoms with E-state index in [0.29, 0.717) is 0 Å². The fraction of sp³-hybridized carbons (Fsp3) is 0.750. The molecule has 0 aromatic heterocycles. The van der Waals surface area contributed by atoms with Crippen LogP contribution >= 0.6 is 0 Å². The van der Waals surface area contributed by atoms with Gasteiger partial charge in [-0.1, -0.05) is 0 Å². The summed E-state index contributed by atoms with van der Waals surface area (Å²) in [6.45, 7) is 3.16. The van der Waals surface area contributed by atoms with Gasteiger partial charge in [-0.3, -0.25) is 4.79 Å². The minimum Gasteiger partial charge on any atom is -0.481 e. The molecule has 0 aliphatic carbocycles. The number of hydrogen-bond acceptors (Lipinski definition) is 4. The molecule has 0 aliphatic rings. The van der Waals surface area contributed by atoms with Crippen molar-refractivity contribution in [3.05, 3.63) is 0 Å². The number of rotatable bonds is 6. The van der Waals surface area contributed by atoms with Crippen LogP contribution in [0.4, 0.5) is 0 Å². The van der Waals surface area contributed by atoms with Crippen molar-refractivity contribution in [2.75, 3.05) is 12.3 Å². The second-order valence-electron chi connectivity index (χ2n) is 3.78. The monoisotopic (exact) mass is 234 g/mol. The molecule has 0 saturated carbocycles. The van der Waals surface area contributed by atoms with Gasteiger partial charge in [0.05, 0.1) is 23.7 Å². The molecule has 0 amide bonds. The zero-order valence-corrected chi connectivity index (χ0v) is 9.47. The molecule has 15 heavy (non-hydrogen) atoms. The average Bonchev–Trinajstić information content (AvgIpc) is 2.13. The zero-order chi connectivity index (χ0) is 12.1. The molecule has 0 aliphatic heterocycles. The van der Waals surface area contributed by atoms with E-state index in [0.717, 1.165) is 0 Å². The number of aliphatic carboxylic acids is 1. The first-order valence-electron chi connectivity index (χ1n) is 4.29. The van der Waals surface area contributed by atoms with Crippen LogP contribution in [-0.2, 0) is 14.8 Å². The Hall–Kier alpha value is -1.13. The van der Waals surface area contributed by atoms with Crippen molar-refractivity contribution in [2.45, 2.75) is 20.3 Å². The summed E-state index contributed by atoms with van der Waals surface area (Å²) in [5.41, 5.74) is -0.795. The van der Waals surface area contributed by atoms with E-state index in [1.165, 1.54) is 0 Å². The topological polar surface area (TPSA) is 107 Å². The standard InChI is InChI=1S/C8H14N2O4S/c1-8(2,5-9)6-10-15(13,14)4-3-7(11)12/h10H,3-4,6H2,1-2H3,(H,11,12). The summed E-state index contributed by atoms with van der Waals surface area (Å²) in [7, 11) is -3.60. The molecular formula is C8H14N2O4S. The number of nitrogens with one attached hydrogen (secondary N) is 1. The number of carbonyl (C=O) groups is 1. The van der Waals surface area contributed by atoms with E-state index < -0.39 is 33.6 Å². The number of nitriles is 1. The Balaban J connectivity index is 4.18. The molecule has 0 unspecified atom stereocenters. The van der Waals surface area contributed by atoms with E-state index in [9.17, 15) is 13.2 Å². The van der Waals surface area contributed by atoms with Gasteiger partial charge in [0.2, 0.25) is 10.0 Å². The van der Waals surface area contributed by atoms with Crippen molar-refractivity contribution in [3.8, 4) is 6.07 Å². The van der Waals surface area contributed by atoms with E-state index >= 15 is 0 Å². The Kier molecular flexibility index (Phi) is 4.71. The van der Waals surface area contributed by atoms with E-state index in [1.54, 1.807) is 13.8 Å². The summed E-state index contributed by atoms with van der Waals surface area (Å²) in [6, 6.07) is 1.94. The quantitative estimate of drug-likeness (QED) is 0.669. The van der Waals surface area contributed by atoms with Crippen molar-refractivity contribution in [1.82, 2.24) is 4.72 Å². The molecule has 2 N–H and O–H groups in total. The third-order valence-corrected chi connectivity index (χ3v) is 2.95. The summed E-state index contributed by atoms with van der Waals surface area (Å²) < 4.78 is 24.6. The fourth-order valence-electron chi connectivity index (χ4n) is 0.624. The maximum absolute atomic E-state index is 11.2. The molecule has 0 aromatic rings. The third-order valence-electron chi connectivity index (χ3n) is 1.62. The van der Waals surface area contributed by atoms with E-state index in [1.807, 2.05) is 6.07 Å². The maximum Gasteiger partial charge on any atom is 0.304 e. The predicted octanol–water partition coefficient (Wildman–Crippen LogP) is -0.0697. The van der Waals surface area contributed by atoms with Gasteiger partial charge in [-0.2, -0.15) is 5.26 Å². The van der Waals surface area contributed by atoms with Gasteiger partial charge < -0.3 is 5.11 Å². The van der Waals surface area contributed by atoms with Crippen LogP contribution in [0.3, 0.4) is 0 Å². The lowest BCUT2D eigenvalue weighted by atomic mass is 9.97.